The molecule has 0 amide bonds. The molecule has 0 saturated carbocycles. The molecule has 1 unspecified atom stereocenters. The van der Waals surface area contributed by atoms with Crippen molar-refractivity contribution >= 4 is 11.9 Å². The van der Waals surface area contributed by atoms with E-state index in [1.807, 2.05) is 0 Å². The lowest BCUT2D eigenvalue weighted by Crippen LogP contribution is -2.21. The van der Waals surface area contributed by atoms with Gasteiger partial charge in [0.2, 0.25) is 0 Å². The summed E-state index contributed by atoms with van der Waals surface area (Å²) in [6, 6.07) is 0. The van der Waals surface area contributed by atoms with Crippen LogP contribution in [0.5, 0.6) is 0 Å². The summed E-state index contributed by atoms with van der Waals surface area (Å²) in [7, 11) is 0. The number of hydrogen-bond donors (Lipinski definition) is 1. The van der Waals surface area contributed by atoms with Gasteiger partial charge in [0.05, 0.1) is 12.3 Å². The van der Waals surface area contributed by atoms with Crippen LogP contribution in [0.15, 0.2) is 24.8 Å². The first-order valence-electron chi connectivity index (χ1n) is 15.3. The van der Waals surface area contributed by atoms with E-state index in [0.717, 1.165) is 19.3 Å². The Bertz CT molecular complexity index is 540. The molecule has 0 aromatic rings. The van der Waals surface area contributed by atoms with Gasteiger partial charge in [0.1, 0.15) is 6.61 Å². The standard InChI is InChI=1S/C32H58O4/c1-3-5-6-7-8-9-10-11-12-13-14-15-16-17-18-19-20-21-22-23-24-25-26-27-30(29-31(33)34)32(35)36-28-4-2/h4,7-8,30H,2-3,5-6,9-29H2,1H3,(H,33,34)/b8-7+. The van der Waals surface area contributed by atoms with Gasteiger partial charge >= 0.3 is 11.9 Å². The van der Waals surface area contributed by atoms with E-state index < -0.39 is 17.9 Å². The van der Waals surface area contributed by atoms with Gasteiger partial charge in [-0.3, -0.25) is 9.59 Å². The first-order chi connectivity index (χ1) is 17.6. The van der Waals surface area contributed by atoms with Crippen molar-refractivity contribution in [3.8, 4) is 0 Å². The van der Waals surface area contributed by atoms with Gasteiger partial charge in [-0.05, 0) is 25.7 Å². The van der Waals surface area contributed by atoms with Crippen LogP contribution in [0, 0.1) is 5.92 Å². The molecule has 36 heavy (non-hydrogen) atoms. The maximum atomic E-state index is 12.0. The topological polar surface area (TPSA) is 63.6 Å². The fourth-order valence-electron chi connectivity index (χ4n) is 4.64. The minimum Gasteiger partial charge on any atom is -0.481 e. The molecule has 0 saturated heterocycles. The van der Waals surface area contributed by atoms with Crippen molar-refractivity contribution in [2.45, 2.75) is 155 Å². The van der Waals surface area contributed by atoms with Gasteiger partial charge in [0.25, 0.3) is 0 Å². The number of esters is 1. The summed E-state index contributed by atoms with van der Waals surface area (Å²) in [6.45, 7) is 5.92. The highest BCUT2D eigenvalue weighted by Crippen LogP contribution is 2.18. The minimum atomic E-state index is -0.942. The van der Waals surface area contributed by atoms with Gasteiger partial charge in [-0.25, -0.2) is 0 Å². The molecule has 4 heteroatoms. The van der Waals surface area contributed by atoms with Crippen molar-refractivity contribution in [3.63, 3.8) is 0 Å². The maximum Gasteiger partial charge on any atom is 0.309 e. The Labute approximate surface area is 223 Å². The third-order valence-electron chi connectivity index (χ3n) is 6.91. The van der Waals surface area contributed by atoms with Gasteiger partial charge in [0, 0.05) is 0 Å². The van der Waals surface area contributed by atoms with E-state index in [0.29, 0.717) is 6.42 Å². The number of ether oxygens (including phenoxy) is 1. The van der Waals surface area contributed by atoms with Crippen LogP contribution in [0.2, 0.25) is 0 Å². The number of carbonyl (C=O) groups is 2. The number of carboxylic acids is 1. The van der Waals surface area contributed by atoms with Crippen LogP contribution < -0.4 is 0 Å². The number of hydrogen-bond acceptors (Lipinski definition) is 3. The smallest absolute Gasteiger partial charge is 0.309 e. The molecule has 4 nitrogen and oxygen atoms in total. The van der Waals surface area contributed by atoms with Crippen LogP contribution in [0.3, 0.4) is 0 Å². The molecule has 210 valence electrons. The lowest BCUT2D eigenvalue weighted by Gasteiger charge is -2.13. The molecule has 0 heterocycles. The molecule has 0 aromatic carbocycles. The number of allylic oxidation sites excluding steroid dienone is 2. The van der Waals surface area contributed by atoms with Gasteiger partial charge in [-0.15, -0.1) is 0 Å². The Kier molecular flexibility index (Phi) is 26.8. The number of aliphatic carboxylic acids is 1. The fourth-order valence-corrected chi connectivity index (χ4v) is 4.64. The van der Waals surface area contributed by atoms with Crippen LogP contribution in [-0.4, -0.2) is 23.7 Å². The lowest BCUT2D eigenvalue weighted by atomic mass is 9.97. The molecule has 0 rings (SSSR count). The summed E-state index contributed by atoms with van der Waals surface area (Å²) in [5.74, 6) is -1.88. The van der Waals surface area contributed by atoms with E-state index in [2.05, 4.69) is 25.7 Å². The average molecular weight is 507 g/mol. The summed E-state index contributed by atoms with van der Waals surface area (Å²) in [6.07, 6.45) is 34.1. The van der Waals surface area contributed by atoms with Gasteiger partial charge in [-0.1, -0.05) is 147 Å². The third-order valence-corrected chi connectivity index (χ3v) is 6.91. The van der Waals surface area contributed by atoms with Crippen molar-refractivity contribution in [1.82, 2.24) is 0 Å². The van der Waals surface area contributed by atoms with Crippen molar-refractivity contribution in [2.75, 3.05) is 6.61 Å². The summed E-state index contributed by atoms with van der Waals surface area (Å²) in [5, 5.41) is 9.01. The highest BCUT2D eigenvalue weighted by molar-refractivity contribution is 5.79. The van der Waals surface area contributed by atoms with Crippen LogP contribution >= 0.6 is 0 Å². The quantitative estimate of drug-likeness (QED) is 0.0651. The predicted molar refractivity (Wildman–Crippen MR) is 153 cm³/mol. The van der Waals surface area contributed by atoms with E-state index in [4.69, 9.17) is 9.84 Å². The number of carbonyl (C=O) groups excluding carboxylic acids is 1. The lowest BCUT2D eigenvalue weighted by molar-refractivity contribution is -0.152. The van der Waals surface area contributed by atoms with Crippen molar-refractivity contribution in [1.29, 1.82) is 0 Å². The molecule has 0 spiro atoms. The van der Waals surface area contributed by atoms with Crippen molar-refractivity contribution in [2.24, 2.45) is 5.92 Å². The first kappa shape index (κ1) is 34.4. The second kappa shape index (κ2) is 28.0. The SMILES string of the molecule is C=CCOC(=O)C(CCCCCCCCCCCCCCCCCCC/C=C/CCCC)CC(=O)O. The van der Waals surface area contributed by atoms with E-state index in [1.165, 1.54) is 122 Å². The van der Waals surface area contributed by atoms with Crippen LogP contribution in [-0.2, 0) is 14.3 Å². The molecule has 0 aromatic heterocycles. The van der Waals surface area contributed by atoms with Gasteiger partial charge < -0.3 is 9.84 Å². The van der Waals surface area contributed by atoms with E-state index >= 15 is 0 Å². The summed E-state index contributed by atoms with van der Waals surface area (Å²) in [4.78, 5) is 22.9. The largest absolute Gasteiger partial charge is 0.481 e. The summed E-state index contributed by atoms with van der Waals surface area (Å²) in [5.41, 5.74) is 0. The number of rotatable bonds is 28. The second-order valence-electron chi connectivity index (χ2n) is 10.4. The Balaban J connectivity index is 3.37. The van der Waals surface area contributed by atoms with Crippen molar-refractivity contribution in [3.05, 3.63) is 24.8 Å². The molecular formula is C32H58O4. The Morgan fingerprint density at radius 3 is 1.53 bits per heavy atom. The van der Waals surface area contributed by atoms with Crippen molar-refractivity contribution < 1.29 is 19.4 Å². The summed E-state index contributed by atoms with van der Waals surface area (Å²) >= 11 is 0. The zero-order valence-electron chi connectivity index (χ0n) is 23.7. The molecule has 1 N–H and O–H groups in total. The van der Waals surface area contributed by atoms with Gasteiger partial charge in [0.15, 0.2) is 0 Å². The molecule has 1 atom stereocenters. The zero-order valence-corrected chi connectivity index (χ0v) is 23.7. The Morgan fingerprint density at radius 1 is 0.694 bits per heavy atom. The van der Waals surface area contributed by atoms with Crippen LogP contribution in [0.4, 0.5) is 0 Å². The van der Waals surface area contributed by atoms with Crippen LogP contribution in [0.1, 0.15) is 155 Å². The van der Waals surface area contributed by atoms with Crippen LogP contribution in [0.25, 0.3) is 0 Å². The molecule has 0 aliphatic heterocycles. The fraction of sp³-hybridized carbons (Fsp3) is 0.812. The van der Waals surface area contributed by atoms with E-state index in [-0.39, 0.29) is 13.0 Å². The van der Waals surface area contributed by atoms with E-state index in [9.17, 15) is 9.59 Å². The van der Waals surface area contributed by atoms with E-state index in [1.54, 1.807) is 0 Å². The molecule has 0 radical (unpaired) electrons. The maximum absolute atomic E-state index is 12.0. The third kappa shape index (κ3) is 25.5. The number of carboxylic acid groups (broad SMARTS) is 1. The first-order valence-corrected chi connectivity index (χ1v) is 15.3. The number of unbranched alkanes of at least 4 members (excludes halogenated alkanes) is 19. The summed E-state index contributed by atoms with van der Waals surface area (Å²) < 4.78 is 5.03. The molecule has 0 aliphatic carbocycles. The monoisotopic (exact) mass is 506 g/mol. The molecule has 0 fully saturated rings. The average Bonchev–Trinajstić information content (AvgIpc) is 2.86. The second-order valence-corrected chi connectivity index (χ2v) is 10.4. The Morgan fingerprint density at radius 2 is 1.11 bits per heavy atom. The molecule has 0 aliphatic rings. The highest BCUT2D eigenvalue weighted by atomic mass is 16.5. The molecule has 0 bridgehead atoms. The molecular weight excluding hydrogens is 448 g/mol. The normalized spacial score (nSPS) is 12.1. The Hall–Kier alpha value is -1.58. The highest BCUT2D eigenvalue weighted by Gasteiger charge is 2.22. The zero-order chi connectivity index (χ0) is 26.5. The predicted octanol–water partition coefficient (Wildman–Crippen LogP) is 9.96. The minimum absolute atomic E-state index is 0.146. The van der Waals surface area contributed by atoms with Gasteiger partial charge in [-0.2, -0.15) is 0 Å².